The summed E-state index contributed by atoms with van der Waals surface area (Å²) in [5, 5.41) is 21.5. The van der Waals surface area contributed by atoms with Gasteiger partial charge in [0.05, 0.1) is 5.69 Å². The number of fused-ring (bicyclic) bond motifs is 1. The number of para-hydroxylation sites is 2. The maximum atomic E-state index is 14.4. The zero-order valence-electron chi connectivity index (χ0n) is 17.9. The second-order valence-corrected chi connectivity index (χ2v) is 7.65. The van der Waals surface area contributed by atoms with E-state index in [2.05, 4.69) is 5.32 Å². The summed E-state index contributed by atoms with van der Waals surface area (Å²) >= 11 is 0. The lowest BCUT2D eigenvalue weighted by Crippen LogP contribution is -2.43. The Labute approximate surface area is 192 Å². The molecule has 0 radical (unpaired) electrons. The lowest BCUT2D eigenvalue weighted by atomic mass is 9.84. The standard InChI is InChI=1S/C25H20F3N3O3/c1-31-15-20(19-9-5-6-10-22(19)31)24(33,25(26,27)28)17-11-12-21(16(13-17)14-29)30-23(32)34-18-7-3-2-4-8-18/h2-15,29,33H,1H3,(H,30,32). The van der Waals surface area contributed by atoms with Crippen LogP contribution in [0.3, 0.4) is 0 Å². The minimum atomic E-state index is -5.07. The minimum Gasteiger partial charge on any atom is -0.410 e. The van der Waals surface area contributed by atoms with Gasteiger partial charge in [0.25, 0.3) is 0 Å². The number of amides is 1. The first-order chi connectivity index (χ1) is 16.1. The molecule has 1 amide bonds. The number of alkyl halides is 3. The van der Waals surface area contributed by atoms with Crippen molar-refractivity contribution in [3.05, 3.63) is 95.7 Å². The second-order valence-electron chi connectivity index (χ2n) is 7.65. The van der Waals surface area contributed by atoms with Crippen LogP contribution in [0.15, 0.2) is 79.0 Å². The Balaban J connectivity index is 1.75. The van der Waals surface area contributed by atoms with E-state index in [1.807, 2.05) is 0 Å². The number of nitrogens with one attached hydrogen (secondary N) is 2. The van der Waals surface area contributed by atoms with Crippen molar-refractivity contribution >= 4 is 28.9 Å². The predicted molar refractivity (Wildman–Crippen MR) is 122 cm³/mol. The van der Waals surface area contributed by atoms with Gasteiger partial charge in [0, 0.05) is 41.5 Å². The highest BCUT2D eigenvalue weighted by Crippen LogP contribution is 2.47. The number of rotatable bonds is 5. The molecule has 1 atom stereocenters. The normalized spacial score (nSPS) is 13.3. The van der Waals surface area contributed by atoms with Crippen molar-refractivity contribution in [3.8, 4) is 5.75 Å². The number of ether oxygens (including phenoxy) is 1. The van der Waals surface area contributed by atoms with E-state index < -0.39 is 23.4 Å². The molecule has 1 heterocycles. The highest BCUT2D eigenvalue weighted by atomic mass is 19.4. The molecule has 4 aromatic rings. The van der Waals surface area contributed by atoms with Gasteiger partial charge in [-0.3, -0.25) is 5.32 Å². The van der Waals surface area contributed by atoms with E-state index >= 15 is 0 Å². The Bertz CT molecular complexity index is 1370. The second kappa shape index (κ2) is 8.68. The maximum Gasteiger partial charge on any atom is 0.425 e. The Morgan fingerprint density at radius 2 is 1.74 bits per heavy atom. The largest absolute Gasteiger partial charge is 0.425 e. The summed E-state index contributed by atoms with van der Waals surface area (Å²) in [4.78, 5) is 12.2. The number of anilines is 1. The van der Waals surface area contributed by atoms with Gasteiger partial charge >= 0.3 is 12.3 Å². The number of aryl methyl sites for hydroxylation is 1. The summed E-state index contributed by atoms with van der Waals surface area (Å²) in [7, 11) is 1.59. The average Bonchev–Trinajstić information content (AvgIpc) is 3.15. The number of halogens is 3. The number of nitrogens with zero attached hydrogens (tertiary/aromatic N) is 1. The van der Waals surface area contributed by atoms with Crippen LogP contribution < -0.4 is 10.1 Å². The zero-order valence-corrected chi connectivity index (χ0v) is 17.9. The fraction of sp³-hybridized carbons (Fsp3) is 0.120. The van der Waals surface area contributed by atoms with E-state index in [1.165, 1.54) is 22.9 Å². The molecule has 0 saturated carbocycles. The van der Waals surface area contributed by atoms with Crippen molar-refractivity contribution in [2.45, 2.75) is 11.8 Å². The minimum absolute atomic E-state index is 0.0366. The Morgan fingerprint density at radius 3 is 2.41 bits per heavy atom. The number of carbonyl (C=O) groups is 1. The molecule has 0 aliphatic heterocycles. The molecule has 1 aromatic heterocycles. The first-order valence-corrected chi connectivity index (χ1v) is 10.2. The van der Waals surface area contributed by atoms with E-state index in [4.69, 9.17) is 10.1 Å². The fourth-order valence-electron chi connectivity index (χ4n) is 3.85. The van der Waals surface area contributed by atoms with Crippen LogP contribution in [0.1, 0.15) is 16.7 Å². The maximum absolute atomic E-state index is 14.4. The van der Waals surface area contributed by atoms with Crippen molar-refractivity contribution in [1.29, 1.82) is 5.41 Å². The molecule has 0 aliphatic rings. The molecule has 174 valence electrons. The van der Waals surface area contributed by atoms with Crippen LogP contribution in [-0.4, -0.2) is 28.2 Å². The molecule has 3 aromatic carbocycles. The molecule has 3 N–H and O–H groups in total. The van der Waals surface area contributed by atoms with E-state index in [0.29, 0.717) is 5.52 Å². The van der Waals surface area contributed by atoms with Gasteiger partial charge in [-0.15, -0.1) is 0 Å². The number of carbonyl (C=O) groups excluding carboxylic acids is 1. The third kappa shape index (κ3) is 4.01. The van der Waals surface area contributed by atoms with E-state index in [0.717, 1.165) is 18.3 Å². The number of aliphatic hydroxyl groups is 1. The molecular weight excluding hydrogens is 447 g/mol. The lowest BCUT2D eigenvalue weighted by Gasteiger charge is -2.31. The topological polar surface area (TPSA) is 87.3 Å². The summed E-state index contributed by atoms with van der Waals surface area (Å²) < 4.78 is 49.8. The third-order valence-corrected chi connectivity index (χ3v) is 5.51. The van der Waals surface area contributed by atoms with Crippen LogP contribution in [0.5, 0.6) is 5.75 Å². The molecule has 9 heteroatoms. The van der Waals surface area contributed by atoms with Crippen LogP contribution >= 0.6 is 0 Å². The number of hydrogen-bond acceptors (Lipinski definition) is 4. The van der Waals surface area contributed by atoms with Crippen LogP contribution in [0, 0.1) is 5.41 Å². The van der Waals surface area contributed by atoms with Crippen LogP contribution in [0.2, 0.25) is 0 Å². The lowest BCUT2D eigenvalue weighted by molar-refractivity contribution is -0.247. The summed E-state index contributed by atoms with van der Waals surface area (Å²) in [6.07, 6.45) is -3.91. The summed E-state index contributed by atoms with van der Waals surface area (Å²) in [5.41, 5.74) is -3.63. The van der Waals surface area contributed by atoms with Crippen LogP contribution in [-0.2, 0) is 12.6 Å². The van der Waals surface area contributed by atoms with Gasteiger partial charge in [-0.1, -0.05) is 42.5 Å². The van der Waals surface area contributed by atoms with Crippen molar-refractivity contribution in [1.82, 2.24) is 4.57 Å². The van der Waals surface area contributed by atoms with Gasteiger partial charge < -0.3 is 19.8 Å². The average molecular weight is 467 g/mol. The molecule has 0 bridgehead atoms. The Hall–Kier alpha value is -4.11. The highest BCUT2D eigenvalue weighted by molar-refractivity contribution is 5.95. The van der Waals surface area contributed by atoms with Crippen molar-refractivity contribution < 1.29 is 27.8 Å². The van der Waals surface area contributed by atoms with E-state index in [1.54, 1.807) is 55.6 Å². The van der Waals surface area contributed by atoms with Gasteiger partial charge in [-0.2, -0.15) is 13.2 Å². The molecular formula is C25H20F3N3O3. The summed E-state index contributed by atoms with van der Waals surface area (Å²) in [6.45, 7) is 0. The van der Waals surface area contributed by atoms with Gasteiger partial charge in [0.15, 0.2) is 0 Å². The number of aromatic nitrogens is 1. The molecule has 1 unspecified atom stereocenters. The number of benzene rings is 3. The summed E-state index contributed by atoms with van der Waals surface area (Å²) in [6, 6.07) is 18.0. The Morgan fingerprint density at radius 1 is 1.06 bits per heavy atom. The quantitative estimate of drug-likeness (QED) is 0.335. The first kappa shape index (κ1) is 23.1. The van der Waals surface area contributed by atoms with Crippen molar-refractivity contribution in [3.63, 3.8) is 0 Å². The van der Waals surface area contributed by atoms with Crippen LogP contribution in [0.4, 0.5) is 23.7 Å². The van der Waals surface area contributed by atoms with Crippen molar-refractivity contribution in [2.24, 2.45) is 7.05 Å². The van der Waals surface area contributed by atoms with Crippen LogP contribution in [0.25, 0.3) is 10.9 Å². The van der Waals surface area contributed by atoms with Gasteiger partial charge in [-0.25, -0.2) is 4.79 Å². The molecule has 0 aliphatic carbocycles. The smallest absolute Gasteiger partial charge is 0.410 e. The van der Waals surface area contributed by atoms with Gasteiger partial charge in [0.2, 0.25) is 5.60 Å². The van der Waals surface area contributed by atoms with E-state index in [9.17, 15) is 23.1 Å². The Kier molecular flexibility index (Phi) is 5.89. The van der Waals surface area contributed by atoms with Crippen molar-refractivity contribution in [2.75, 3.05) is 5.32 Å². The first-order valence-electron chi connectivity index (χ1n) is 10.2. The molecule has 34 heavy (non-hydrogen) atoms. The molecule has 0 fully saturated rings. The zero-order chi connectivity index (χ0) is 24.5. The van der Waals surface area contributed by atoms with Gasteiger partial charge in [0.1, 0.15) is 5.75 Å². The van der Waals surface area contributed by atoms with E-state index in [-0.39, 0.29) is 28.0 Å². The summed E-state index contributed by atoms with van der Waals surface area (Å²) in [5.74, 6) is 0.274. The molecule has 6 nitrogen and oxygen atoms in total. The third-order valence-electron chi connectivity index (χ3n) is 5.51. The number of hydrogen-bond donors (Lipinski definition) is 3. The fourth-order valence-corrected chi connectivity index (χ4v) is 3.85. The molecule has 4 rings (SSSR count). The molecule has 0 spiro atoms. The predicted octanol–water partition coefficient (Wildman–Crippen LogP) is 5.59. The van der Waals surface area contributed by atoms with Gasteiger partial charge in [-0.05, 0) is 35.9 Å². The monoisotopic (exact) mass is 467 g/mol. The molecule has 0 saturated heterocycles. The SMILES string of the molecule is Cn1cc(C(O)(c2ccc(NC(=O)Oc3ccccc3)c(C=N)c2)C(F)(F)F)c2ccccc21. The highest BCUT2D eigenvalue weighted by Gasteiger charge is 2.57.